The molecule has 0 bridgehead atoms. The van der Waals surface area contributed by atoms with E-state index in [0.29, 0.717) is 30.3 Å². The third-order valence-electron chi connectivity index (χ3n) is 2.96. The third-order valence-corrected chi connectivity index (χ3v) is 2.96. The number of hydrogen-bond acceptors (Lipinski definition) is 4. The summed E-state index contributed by atoms with van der Waals surface area (Å²) in [6.07, 6.45) is 0. The lowest BCUT2D eigenvalue weighted by Crippen LogP contribution is -2.42. The fourth-order valence-corrected chi connectivity index (χ4v) is 1.64. The quantitative estimate of drug-likeness (QED) is 0.710. The Kier molecular flexibility index (Phi) is 6.31. The van der Waals surface area contributed by atoms with Gasteiger partial charge in [-0.05, 0) is 31.0 Å². The maximum Gasteiger partial charge on any atom is 0.236 e. The van der Waals surface area contributed by atoms with E-state index in [1.54, 1.807) is 32.2 Å². The van der Waals surface area contributed by atoms with Gasteiger partial charge < -0.3 is 20.5 Å². The molecule has 0 aliphatic carbocycles. The topological polar surface area (TPSA) is 70.6 Å². The maximum atomic E-state index is 11.8. The van der Waals surface area contributed by atoms with E-state index in [2.05, 4.69) is 10.6 Å². The van der Waals surface area contributed by atoms with Gasteiger partial charge in [0.05, 0.1) is 13.2 Å². The Morgan fingerprint density at radius 1 is 1.35 bits per heavy atom. The van der Waals surface area contributed by atoms with Crippen LogP contribution >= 0.6 is 0 Å². The van der Waals surface area contributed by atoms with Crippen LogP contribution in [0, 0.1) is 5.92 Å². The van der Waals surface area contributed by atoms with Gasteiger partial charge in [-0.15, -0.1) is 0 Å². The van der Waals surface area contributed by atoms with Crippen LogP contribution in [0.25, 0.3) is 0 Å². The summed E-state index contributed by atoms with van der Waals surface area (Å²) in [5, 5.41) is 15.7. The minimum atomic E-state index is -0.320. The second-order valence-electron chi connectivity index (χ2n) is 5.24. The van der Waals surface area contributed by atoms with Gasteiger partial charge in [-0.3, -0.25) is 4.79 Å². The lowest BCUT2D eigenvalue weighted by atomic mass is 10.1. The number of rotatable bonds is 7. The van der Waals surface area contributed by atoms with Crippen molar-refractivity contribution in [2.75, 3.05) is 13.7 Å². The van der Waals surface area contributed by atoms with Crippen LogP contribution in [0.4, 0.5) is 0 Å². The van der Waals surface area contributed by atoms with Gasteiger partial charge in [-0.2, -0.15) is 0 Å². The first-order valence-corrected chi connectivity index (χ1v) is 6.81. The molecule has 5 nitrogen and oxygen atoms in total. The Morgan fingerprint density at radius 3 is 2.65 bits per heavy atom. The van der Waals surface area contributed by atoms with Crippen LogP contribution in [-0.2, 0) is 11.3 Å². The van der Waals surface area contributed by atoms with Crippen molar-refractivity contribution in [2.45, 2.75) is 33.4 Å². The number of phenolic OH excluding ortho intramolecular Hbond substituents is 1. The van der Waals surface area contributed by atoms with E-state index >= 15 is 0 Å². The molecule has 0 aliphatic rings. The molecule has 0 heterocycles. The molecular weight excluding hydrogens is 256 g/mol. The third kappa shape index (κ3) is 5.09. The van der Waals surface area contributed by atoms with Crippen LogP contribution in [0.15, 0.2) is 18.2 Å². The molecule has 0 saturated carbocycles. The van der Waals surface area contributed by atoms with Crippen molar-refractivity contribution in [2.24, 2.45) is 5.92 Å². The van der Waals surface area contributed by atoms with Crippen LogP contribution in [0.2, 0.25) is 0 Å². The summed E-state index contributed by atoms with van der Waals surface area (Å²) >= 11 is 0. The van der Waals surface area contributed by atoms with Crippen molar-refractivity contribution >= 4 is 5.91 Å². The predicted octanol–water partition coefficient (Wildman–Crippen LogP) is 1.65. The number of methoxy groups -OCH3 is 1. The number of phenols is 1. The Morgan fingerprint density at radius 2 is 2.05 bits per heavy atom. The summed E-state index contributed by atoms with van der Waals surface area (Å²) in [5.41, 5.74) is 0.702. The van der Waals surface area contributed by atoms with E-state index in [0.717, 1.165) is 0 Å². The highest BCUT2D eigenvalue weighted by Gasteiger charge is 2.13. The van der Waals surface area contributed by atoms with Crippen molar-refractivity contribution in [3.8, 4) is 11.5 Å². The van der Waals surface area contributed by atoms with Gasteiger partial charge in [0.15, 0.2) is 0 Å². The lowest BCUT2D eigenvalue weighted by Gasteiger charge is -2.16. The molecule has 1 rings (SSSR count). The van der Waals surface area contributed by atoms with Gasteiger partial charge in [0.1, 0.15) is 11.5 Å². The Bertz CT molecular complexity index is 447. The standard InChI is InChI=1S/C15H24N2O3/c1-10(2)8-17-15(19)11(3)16-9-12-7-13(20-4)5-6-14(12)18/h5-7,10-11,16,18H,8-9H2,1-4H3,(H,17,19). The number of amides is 1. The van der Waals surface area contributed by atoms with Crippen LogP contribution in [0.5, 0.6) is 11.5 Å². The molecule has 112 valence electrons. The number of ether oxygens (including phenoxy) is 1. The maximum absolute atomic E-state index is 11.8. The molecular formula is C15H24N2O3. The average Bonchev–Trinajstić information content (AvgIpc) is 2.43. The summed E-state index contributed by atoms with van der Waals surface area (Å²) in [6, 6.07) is 4.71. The molecule has 1 atom stereocenters. The monoisotopic (exact) mass is 280 g/mol. The molecule has 20 heavy (non-hydrogen) atoms. The molecule has 0 fully saturated rings. The van der Waals surface area contributed by atoms with Gasteiger partial charge in [0, 0.05) is 18.7 Å². The molecule has 1 aromatic rings. The van der Waals surface area contributed by atoms with E-state index in [1.165, 1.54) is 0 Å². The zero-order valence-corrected chi connectivity index (χ0v) is 12.6. The van der Waals surface area contributed by atoms with Crippen molar-refractivity contribution in [3.63, 3.8) is 0 Å². The van der Waals surface area contributed by atoms with Gasteiger partial charge in [0.25, 0.3) is 0 Å². The van der Waals surface area contributed by atoms with Crippen LogP contribution in [-0.4, -0.2) is 30.7 Å². The minimum absolute atomic E-state index is 0.0407. The fourth-order valence-electron chi connectivity index (χ4n) is 1.64. The van der Waals surface area contributed by atoms with Crippen molar-refractivity contribution in [1.29, 1.82) is 0 Å². The van der Waals surface area contributed by atoms with Gasteiger partial charge in [0.2, 0.25) is 5.91 Å². The van der Waals surface area contributed by atoms with E-state index in [-0.39, 0.29) is 17.7 Å². The fraction of sp³-hybridized carbons (Fsp3) is 0.533. The number of aromatic hydroxyl groups is 1. The zero-order valence-electron chi connectivity index (χ0n) is 12.6. The summed E-state index contributed by atoms with van der Waals surface area (Å²) in [6.45, 7) is 6.96. The predicted molar refractivity (Wildman–Crippen MR) is 78.8 cm³/mol. The van der Waals surface area contributed by atoms with Gasteiger partial charge in [-0.25, -0.2) is 0 Å². The molecule has 3 N–H and O–H groups in total. The summed E-state index contributed by atoms with van der Waals surface area (Å²) < 4.78 is 5.11. The van der Waals surface area contributed by atoms with Crippen molar-refractivity contribution in [3.05, 3.63) is 23.8 Å². The molecule has 0 spiro atoms. The molecule has 0 aromatic heterocycles. The molecule has 0 aliphatic heterocycles. The second kappa shape index (κ2) is 7.75. The highest BCUT2D eigenvalue weighted by Crippen LogP contribution is 2.22. The zero-order chi connectivity index (χ0) is 15.1. The van der Waals surface area contributed by atoms with E-state index in [9.17, 15) is 9.90 Å². The smallest absolute Gasteiger partial charge is 0.236 e. The first kappa shape index (κ1) is 16.3. The summed E-state index contributed by atoms with van der Waals surface area (Å²) in [7, 11) is 1.57. The highest BCUT2D eigenvalue weighted by atomic mass is 16.5. The Balaban J connectivity index is 2.51. The SMILES string of the molecule is COc1ccc(O)c(CNC(C)C(=O)NCC(C)C)c1. The lowest BCUT2D eigenvalue weighted by molar-refractivity contribution is -0.122. The summed E-state index contributed by atoms with van der Waals surface area (Å²) in [5.74, 6) is 1.25. The molecule has 5 heteroatoms. The van der Waals surface area contributed by atoms with E-state index < -0.39 is 0 Å². The summed E-state index contributed by atoms with van der Waals surface area (Å²) in [4.78, 5) is 11.8. The first-order chi connectivity index (χ1) is 9.43. The number of nitrogens with one attached hydrogen (secondary N) is 2. The van der Waals surface area contributed by atoms with Crippen molar-refractivity contribution in [1.82, 2.24) is 10.6 Å². The van der Waals surface area contributed by atoms with Crippen LogP contribution in [0.3, 0.4) is 0 Å². The molecule has 1 aromatic carbocycles. The average molecular weight is 280 g/mol. The van der Waals surface area contributed by atoms with Gasteiger partial charge in [-0.1, -0.05) is 13.8 Å². The number of carbonyl (C=O) groups is 1. The number of hydrogen-bond donors (Lipinski definition) is 3. The van der Waals surface area contributed by atoms with Crippen LogP contribution in [0.1, 0.15) is 26.3 Å². The Labute approximate surface area is 120 Å². The Hall–Kier alpha value is -1.75. The van der Waals surface area contributed by atoms with Gasteiger partial charge >= 0.3 is 0 Å². The van der Waals surface area contributed by atoms with E-state index in [4.69, 9.17) is 4.74 Å². The van der Waals surface area contributed by atoms with Crippen molar-refractivity contribution < 1.29 is 14.6 Å². The number of benzene rings is 1. The molecule has 1 unspecified atom stereocenters. The van der Waals surface area contributed by atoms with Crippen LogP contribution < -0.4 is 15.4 Å². The normalized spacial score (nSPS) is 12.2. The largest absolute Gasteiger partial charge is 0.508 e. The van der Waals surface area contributed by atoms with E-state index in [1.807, 2.05) is 13.8 Å². The molecule has 0 radical (unpaired) electrons. The highest BCUT2D eigenvalue weighted by molar-refractivity contribution is 5.81. The first-order valence-electron chi connectivity index (χ1n) is 6.81. The minimum Gasteiger partial charge on any atom is -0.508 e. The number of carbonyl (C=O) groups excluding carboxylic acids is 1. The second-order valence-corrected chi connectivity index (χ2v) is 5.24. The molecule has 0 saturated heterocycles. The molecule has 1 amide bonds.